The van der Waals surface area contributed by atoms with Gasteiger partial charge in [0.2, 0.25) is 0 Å². The Bertz CT molecular complexity index is 1790. The molecule has 0 unspecified atom stereocenters. The number of amides is 2. The van der Waals surface area contributed by atoms with E-state index in [4.69, 9.17) is 4.74 Å². The van der Waals surface area contributed by atoms with Crippen LogP contribution in [-0.2, 0) is 44.8 Å². The maximum atomic E-state index is 14.1. The Morgan fingerprint density at radius 2 is 1.28 bits per heavy atom. The fourth-order valence-electron chi connectivity index (χ4n) is 6.33. The Morgan fingerprint density at radius 3 is 1.72 bits per heavy atom. The molecule has 17 nitrogen and oxygen atoms in total. The van der Waals surface area contributed by atoms with Gasteiger partial charge in [0.1, 0.15) is 11.6 Å². The van der Waals surface area contributed by atoms with Crippen molar-refractivity contribution in [1.29, 1.82) is 0 Å². The molecule has 294 valence electrons. The highest BCUT2D eigenvalue weighted by atomic mass is 32.2. The number of methoxy groups -OCH3 is 1. The summed E-state index contributed by atoms with van der Waals surface area (Å²) in [6.07, 6.45) is 10.4. The van der Waals surface area contributed by atoms with E-state index in [9.17, 15) is 26.4 Å². The first-order valence-electron chi connectivity index (χ1n) is 17.8. The summed E-state index contributed by atoms with van der Waals surface area (Å²) in [5.41, 5.74) is 4.73. The van der Waals surface area contributed by atoms with Gasteiger partial charge in [-0.2, -0.15) is 25.4 Å². The highest BCUT2D eigenvalue weighted by Crippen LogP contribution is 2.26. The molecule has 1 aromatic carbocycles. The van der Waals surface area contributed by atoms with Crippen LogP contribution in [0.3, 0.4) is 0 Å². The van der Waals surface area contributed by atoms with E-state index in [-0.39, 0.29) is 42.9 Å². The van der Waals surface area contributed by atoms with E-state index in [0.29, 0.717) is 6.04 Å². The third kappa shape index (κ3) is 10.2. The fraction of sp³-hybridized carbons (Fsp3) is 0.588. The van der Waals surface area contributed by atoms with Crippen LogP contribution in [0.5, 0.6) is 0 Å². The molecule has 1 aliphatic carbocycles. The van der Waals surface area contributed by atoms with Crippen LogP contribution in [0.4, 0.5) is 4.79 Å². The largest absolute Gasteiger partial charge is 0.453 e. The molecular formula is C34H54N10O7S2. The van der Waals surface area contributed by atoms with Gasteiger partial charge in [0.05, 0.1) is 20.2 Å². The van der Waals surface area contributed by atoms with Gasteiger partial charge in [-0.1, -0.05) is 26.0 Å². The maximum Gasteiger partial charge on any atom is 0.410 e. The van der Waals surface area contributed by atoms with Crippen molar-refractivity contribution in [1.82, 2.24) is 46.8 Å². The third-order valence-corrected chi connectivity index (χ3v) is 12.7. The summed E-state index contributed by atoms with van der Waals surface area (Å²) in [5.74, 6) is -0.431. The Labute approximate surface area is 313 Å². The smallest absolute Gasteiger partial charge is 0.410 e. The summed E-state index contributed by atoms with van der Waals surface area (Å²) in [6, 6.07) is 7.12. The van der Waals surface area contributed by atoms with Gasteiger partial charge in [0, 0.05) is 90.3 Å². The molecule has 1 saturated carbocycles. The van der Waals surface area contributed by atoms with E-state index >= 15 is 0 Å². The van der Waals surface area contributed by atoms with E-state index < -0.39 is 32.4 Å². The van der Waals surface area contributed by atoms with Gasteiger partial charge in [0.15, 0.2) is 0 Å². The van der Waals surface area contributed by atoms with Crippen LogP contribution < -0.4 is 5.43 Å². The van der Waals surface area contributed by atoms with Crippen LogP contribution in [-0.4, -0.2) is 131 Å². The molecule has 53 heavy (non-hydrogen) atoms. The quantitative estimate of drug-likeness (QED) is 0.188. The molecule has 1 fully saturated rings. The lowest BCUT2D eigenvalue weighted by Gasteiger charge is -2.38. The number of hydrazine groups is 1. The zero-order chi connectivity index (χ0) is 38.9. The van der Waals surface area contributed by atoms with Crippen LogP contribution in [0.15, 0.2) is 49.1 Å². The number of hydrogen-bond acceptors (Lipinski definition) is 11. The molecule has 3 aromatic rings. The van der Waals surface area contributed by atoms with E-state index in [1.165, 1.54) is 65.0 Å². The van der Waals surface area contributed by atoms with Crippen molar-refractivity contribution in [2.45, 2.75) is 84.1 Å². The van der Waals surface area contributed by atoms with Crippen molar-refractivity contribution < 1.29 is 31.2 Å². The lowest BCUT2D eigenvalue weighted by atomic mass is 9.90. The molecule has 0 radical (unpaired) electrons. The Hall–Kier alpha value is -3.88. The number of benzene rings is 1. The molecule has 2 heterocycles. The lowest BCUT2D eigenvalue weighted by Crippen LogP contribution is -2.49. The van der Waals surface area contributed by atoms with Crippen molar-refractivity contribution >= 4 is 32.4 Å². The van der Waals surface area contributed by atoms with E-state index in [1.54, 1.807) is 29.2 Å². The van der Waals surface area contributed by atoms with Crippen LogP contribution in [0, 0.1) is 0 Å². The summed E-state index contributed by atoms with van der Waals surface area (Å²) >= 11 is 0. The fourth-order valence-corrected chi connectivity index (χ4v) is 8.19. The zero-order valence-corrected chi connectivity index (χ0v) is 33.4. The third-order valence-electron chi connectivity index (χ3n) is 9.18. The van der Waals surface area contributed by atoms with Crippen molar-refractivity contribution in [2.75, 3.05) is 48.4 Å². The highest BCUT2D eigenvalue weighted by molar-refractivity contribution is 7.87. The average Bonchev–Trinajstić information content (AvgIpc) is 3.81. The SMILES string of the molecule is CCCN(CCC)NC1CCC(N(Cc2ccc(C(=O)N(Cc3nccn3S(=O)(=O)N(C)C)Cc3nccn3S(=O)(=O)N(C)C)cc2)C(=O)OC)CC1. The van der Waals surface area contributed by atoms with Gasteiger partial charge in [0.25, 0.3) is 5.91 Å². The molecule has 1 aliphatic rings. The lowest BCUT2D eigenvalue weighted by molar-refractivity contribution is 0.0717. The van der Waals surface area contributed by atoms with Crippen molar-refractivity contribution in [3.8, 4) is 0 Å². The van der Waals surface area contributed by atoms with Gasteiger partial charge >= 0.3 is 26.5 Å². The van der Waals surface area contributed by atoms with Crippen LogP contribution >= 0.6 is 0 Å². The maximum absolute atomic E-state index is 14.1. The van der Waals surface area contributed by atoms with Crippen LogP contribution in [0.25, 0.3) is 0 Å². The van der Waals surface area contributed by atoms with Crippen molar-refractivity contribution in [3.63, 3.8) is 0 Å². The number of carbonyl (C=O) groups excluding carboxylic acids is 2. The second kappa shape index (κ2) is 18.4. The Morgan fingerprint density at radius 1 is 0.792 bits per heavy atom. The number of rotatable bonds is 18. The first-order chi connectivity index (χ1) is 25.1. The molecule has 2 aromatic heterocycles. The number of hydrogen-bond donors (Lipinski definition) is 1. The molecule has 0 spiro atoms. The molecule has 0 saturated heterocycles. The van der Waals surface area contributed by atoms with E-state index in [0.717, 1.165) is 73.7 Å². The Balaban J connectivity index is 1.55. The average molecular weight is 779 g/mol. The summed E-state index contributed by atoms with van der Waals surface area (Å²) < 4.78 is 61.3. The van der Waals surface area contributed by atoms with Gasteiger partial charge in [-0.05, 0) is 56.2 Å². The summed E-state index contributed by atoms with van der Waals surface area (Å²) in [4.78, 5) is 38.6. The van der Waals surface area contributed by atoms with Crippen molar-refractivity contribution in [3.05, 3.63) is 71.8 Å². The van der Waals surface area contributed by atoms with Gasteiger partial charge in [-0.3, -0.25) is 10.2 Å². The highest BCUT2D eigenvalue weighted by Gasteiger charge is 2.31. The van der Waals surface area contributed by atoms with Gasteiger partial charge in [-0.15, -0.1) is 0 Å². The molecule has 0 atom stereocenters. The number of carbonyl (C=O) groups is 2. The number of imidazole rings is 2. The van der Waals surface area contributed by atoms with Crippen LogP contribution in [0.2, 0.25) is 0 Å². The summed E-state index contributed by atoms with van der Waals surface area (Å²) in [7, 11) is -1.06. The minimum atomic E-state index is -3.98. The standard InChI is InChI=1S/C34H54N10O7S2/c1-8-20-41(21-9-2)37-29-14-16-30(17-15-29)42(34(46)51-7)24-27-10-12-28(13-11-27)33(45)40(25-31-35-18-22-43(31)52(47,48)38(3)4)26-32-36-19-23-44(32)53(49,50)39(5)6/h10-13,18-19,22-23,29-30,37H,8-9,14-17,20-21,24-26H2,1-7H3. The molecular weight excluding hydrogens is 725 g/mol. The molecule has 19 heteroatoms. The number of nitrogens with one attached hydrogen (secondary N) is 1. The second-order valence-electron chi connectivity index (χ2n) is 13.4. The van der Waals surface area contributed by atoms with Crippen molar-refractivity contribution in [2.24, 2.45) is 0 Å². The second-order valence-corrected chi connectivity index (χ2v) is 17.5. The molecule has 1 N–H and O–H groups in total. The van der Waals surface area contributed by atoms with E-state index in [1.807, 2.05) is 0 Å². The first kappa shape index (κ1) is 41.9. The minimum Gasteiger partial charge on any atom is -0.453 e. The topological polar surface area (TPSA) is 176 Å². The monoisotopic (exact) mass is 778 g/mol. The Kier molecular flexibility index (Phi) is 14.6. The summed E-state index contributed by atoms with van der Waals surface area (Å²) in [5, 5.41) is 2.30. The normalized spacial score (nSPS) is 16.7. The predicted octanol–water partition coefficient (Wildman–Crippen LogP) is 2.74. The minimum absolute atomic E-state index is 0.00697. The molecule has 0 bridgehead atoms. The molecule has 2 amide bonds. The number of ether oxygens (including phenoxy) is 1. The first-order valence-corrected chi connectivity index (χ1v) is 20.6. The van der Waals surface area contributed by atoms with Crippen LogP contribution in [0.1, 0.15) is 79.9 Å². The van der Waals surface area contributed by atoms with Gasteiger partial charge < -0.3 is 14.5 Å². The molecule has 0 aliphatic heterocycles. The number of nitrogens with zero attached hydrogens (tertiary/aromatic N) is 9. The predicted molar refractivity (Wildman–Crippen MR) is 200 cm³/mol. The summed E-state index contributed by atoms with van der Waals surface area (Å²) in [6.45, 7) is 6.04. The van der Waals surface area contributed by atoms with E-state index in [2.05, 4.69) is 34.3 Å². The van der Waals surface area contributed by atoms with Gasteiger partial charge in [-0.25, -0.2) is 27.7 Å². The number of aromatic nitrogens is 4. The molecule has 4 rings (SSSR count). The zero-order valence-electron chi connectivity index (χ0n) is 31.8.